The molecule has 1 saturated carbocycles. The molecule has 1 fully saturated rings. The lowest BCUT2D eigenvalue weighted by atomic mass is 9.69. The van der Waals surface area contributed by atoms with E-state index in [2.05, 4.69) is 39.8 Å². The van der Waals surface area contributed by atoms with E-state index in [4.69, 9.17) is 14.0 Å². The molecular formula is C22H32N4O3. The van der Waals surface area contributed by atoms with Gasteiger partial charge in [-0.2, -0.15) is 0 Å². The Morgan fingerprint density at radius 3 is 2.55 bits per heavy atom. The van der Waals surface area contributed by atoms with Crippen molar-refractivity contribution in [2.24, 2.45) is 4.99 Å². The molecule has 1 aromatic carbocycles. The summed E-state index contributed by atoms with van der Waals surface area (Å²) in [6.45, 7) is 4.16. The molecule has 1 aromatic heterocycles. The van der Waals surface area contributed by atoms with Crippen molar-refractivity contribution in [3.63, 3.8) is 0 Å². The molecule has 1 aliphatic carbocycles. The van der Waals surface area contributed by atoms with Crippen molar-refractivity contribution in [1.29, 1.82) is 0 Å². The Morgan fingerprint density at radius 1 is 1.10 bits per heavy atom. The van der Waals surface area contributed by atoms with Gasteiger partial charge in [0, 0.05) is 24.6 Å². The number of hydrogen-bond acceptors (Lipinski definition) is 5. The third-order valence-electron chi connectivity index (χ3n) is 5.64. The zero-order chi connectivity index (χ0) is 20.5. The van der Waals surface area contributed by atoms with E-state index in [0.29, 0.717) is 6.54 Å². The number of rotatable bonds is 8. The summed E-state index contributed by atoms with van der Waals surface area (Å²) < 4.78 is 15.9. The smallest absolute Gasteiger partial charge is 0.191 e. The number of aromatic nitrogens is 1. The lowest BCUT2D eigenvalue weighted by Crippen LogP contribution is -2.46. The molecule has 0 bridgehead atoms. The van der Waals surface area contributed by atoms with Gasteiger partial charge in [-0.3, -0.25) is 0 Å². The number of aliphatic imine (C=N–C) groups is 1. The van der Waals surface area contributed by atoms with Gasteiger partial charge in [-0.1, -0.05) is 30.5 Å². The fraction of sp³-hybridized carbons (Fsp3) is 0.545. The summed E-state index contributed by atoms with van der Waals surface area (Å²) in [5.74, 6) is 2.33. The van der Waals surface area contributed by atoms with Crippen LogP contribution in [0, 0.1) is 0 Å². The van der Waals surface area contributed by atoms with Crippen LogP contribution in [0.1, 0.15) is 50.3 Å². The SMILES string of the molecule is CCNC(=NCc1ccon1)NCC1(c2ccc(OC)c(OC)c2)CCCCC1. The molecule has 0 radical (unpaired) electrons. The zero-order valence-electron chi connectivity index (χ0n) is 17.7. The molecule has 0 spiro atoms. The van der Waals surface area contributed by atoms with Crippen LogP contribution in [-0.2, 0) is 12.0 Å². The number of hydrogen-bond donors (Lipinski definition) is 2. The minimum Gasteiger partial charge on any atom is -0.493 e. The predicted octanol–water partition coefficient (Wildman–Crippen LogP) is 3.65. The van der Waals surface area contributed by atoms with Gasteiger partial charge in [-0.15, -0.1) is 0 Å². The molecule has 0 atom stereocenters. The van der Waals surface area contributed by atoms with Gasteiger partial charge in [0.1, 0.15) is 12.0 Å². The maximum atomic E-state index is 5.56. The van der Waals surface area contributed by atoms with E-state index < -0.39 is 0 Å². The second-order valence-electron chi connectivity index (χ2n) is 7.45. The fourth-order valence-corrected chi connectivity index (χ4v) is 4.04. The van der Waals surface area contributed by atoms with Crippen molar-refractivity contribution in [1.82, 2.24) is 15.8 Å². The number of nitrogens with zero attached hydrogens (tertiary/aromatic N) is 2. The van der Waals surface area contributed by atoms with E-state index >= 15 is 0 Å². The maximum absolute atomic E-state index is 5.56. The molecule has 7 nitrogen and oxygen atoms in total. The van der Waals surface area contributed by atoms with Crippen molar-refractivity contribution in [2.45, 2.75) is 51.0 Å². The average Bonchev–Trinajstić information content (AvgIpc) is 3.29. The van der Waals surface area contributed by atoms with Crippen LogP contribution in [0.2, 0.25) is 0 Å². The Balaban J connectivity index is 1.79. The molecule has 2 aromatic rings. The standard InChI is InChI=1S/C22H32N4O3/c1-4-23-21(24-15-18-10-13-29-26-18)25-16-22(11-6-5-7-12-22)17-8-9-19(27-2)20(14-17)28-3/h8-10,13-14H,4-7,11-12,15-16H2,1-3H3,(H2,23,24,25). The summed E-state index contributed by atoms with van der Waals surface area (Å²) in [4.78, 5) is 4.65. The van der Waals surface area contributed by atoms with Crippen molar-refractivity contribution in [2.75, 3.05) is 27.3 Å². The second-order valence-corrected chi connectivity index (χ2v) is 7.45. The average molecular weight is 401 g/mol. The van der Waals surface area contributed by atoms with E-state index in [1.54, 1.807) is 20.5 Å². The summed E-state index contributed by atoms with van der Waals surface area (Å²) >= 11 is 0. The van der Waals surface area contributed by atoms with Crippen molar-refractivity contribution in [3.05, 3.63) is 41.8 Å². The highest BCUT2D eigenvalue weighted by Gasteiger charge is 2.34. The van der Waals surface area contributed by atoms with Gasteiger partial charge in [0.15, 0.2) is 17.5 Å². The van der Waals surface area contributed by atoms with Crippen LogP contribution in [-0.4, -0.2) is 38.4 Å². The summed E-state index contributed by atoms with van der Waals surface area (Å²) in [7, 11) is 3.36. The molecule has 1 heterocycles. The first-order chi connectivity index (χ1) is 14.2. The highest BCUT2D eigenvalue weighted by atomic mass is 16.5. The largest absolute Gasteiger partial charge is 0.493 e. The fourth-order valence-electron chi connectivity index (χ4n) is 4.04. The van der Waals surface area contributed by atoms with Gasteiger partial charge in [0.25, 0.3) is 0 Å². The lowest BCUT2D eigenvalue weighted by Gasteiger charge is -2.38. The predicted molar refractivity (Wildman–Crippen MR) is 114 cm³/mol. The Bertz CT molecular complexity index is 783. The third-order valence-corrected chi connectivity index (χ3v) is 5.64. The van der Waals surface area contributed by atoms with E-state index in [9.17, 15) is 0 Å². The Labute approximate surface area is 172 Å². The van der Waals surface area contributed by atoms with Gasteiger partial charge in [0.05, 0.1) is 20.8 Å². The minimum atomic E-state index is 0.0435. The topological polar surface area (TPSA) is 80.9 Å². The number of ether oxygens (including phenoxy) is 2. The monoisotopic (exact) mass is 400 g/mol. The Morgan fingerprint density at radius 2 is 1.90 bits per heavy atom. The van der Waals surface area contributed by atoms with Crippen molar-refractivity contribution in [3.8, 4) is 11.5 Å². The van der Waals surface area contributed by atoms with Crippen molar-refractivity contribution < 1.29 is 14.0 Å². The van der Waals surface area contributed by atoms with Gasteiger partial charge in [-0.25, -0.2) is 4.99 Å². The molecule has 3 rings (SSSR count). The molecule has 0 aliphatic heterocycles. The van der Waals surface area contributed by atoms with Crippen LogP contribution >= 0.6 is 0 Å². The molecule has 1 aliphatic rings. The van der Waals surface area contributed by atoms with Gasteiger partial charge < -0.3 is 24.6 Å². The zero-order valence-corrected chi connectivity index (χ0v) is 17.7. The first-order valence-electron chi connectivity index (χ1n) is 10.3. The second kappa shape index (κ2) is 10.2. The van der Waals surface area contributed by atoms with Gasteiger partial charge in [-0.05, 0) is 37.5 Å². The van der Waals surface area contributed by atoms with Gasteiger partial charge >= 0.3 is 0 Å². The normalized spacial score (nSPS) is 16.3. The van der Waals surface area contributed by atoms with E-state index in [0.717, 1.165) is 49.1 Å². The van der Waals surface area contributed by atoms with Crippen LogP contribution in [0.15, 0.2) is 40.0 Å². The molecule has 158 valence electrons. The van der Waals surface area contributed by atoms with Crippen LogP contribution in [0.4, 0.5) is 0 Å². The molecule has 2 N–H and O–H groups in total. The summed E-state index contributed by atoms with van der Waals surface area (Å²) in [5.41, 5.74) is 2.14. The first kappa shape index (κ1) is 21.0. The summed E-state index contributed by atoms with van der Waals surface area (Å²) in [6, 6.07) is 8.15. The quantitative estimate of drug-likeness (QED) is 0.520. The molecule has 0 amide bonds. The van der Waals surface area contributed by atoms with Crippen LogP contribution in [0.3, 0.4) is 0 Å². The Kier molecular flexibility index (Phi) is 7.38. The molecule has 0 unspecified atom stereocenters. The molecule has 0 saturated heterocycles. The van der Waals surface area contributed by atoms with E-state index in [-0.39, 0.29) is 5.41 Å². The van der Waals surface area contributed by atoms with Crippen LogP contribution in [0.25, 0.3) is 0 Å². The summed E-state index contributed by atoms with van der Waals surface area (Å²) in [6.07, 6.45) is 7.58. The highest BCUT2D eigenvalue weighted by molar-refractivity contribution is 5.79. The van der Waals surface area contributed by atoms with Gasteiger partial charge in [0.2, 0.25) is 0 Å². The number of nitrogens with one attached hydrogen (secondary N) is 2. The maximum Gasteiger partial charge on any atom is 0.191 e. The number of guanidine groups is 1. The minimum absolute atomic E-state index is 0.0435. The first-order valence-corrected chi connectivity index (χ1v) is 10.3. The number of benzene rings is 1. The summed E-state index contributed by atoms with van der Waals surface area (Å²) in [5, 5.41) is 10.8. The highest BCUT2D eigenvalue weighted by Crippen LogP contribution is 2.42. The van der Waals surface area contributed by atoms with E-state index in [1.165, 1.54) is 24.8 Å². The van der Waals surface area contributed by atoms with Crippen LogP contribution < -0.4 is 20.1 Å². The third kappa shape index (κ3) is 5.22. The Hall–Kier alpha value is -2.70. The molecular weight excluding hydrogens is 368 g/mol. The molecule has 7 heteroatoms. The lowest BCUT2D eigenvalue weighted by molar-refractivity contribution is 0.288. The van der Waals surface area contributed by atoms with Crippen molar-refractivity contribution >= 4 is 5.96 Å². The van der Waals surface area contributed by atoms with E-state index in [1.807, 2.05) is 12.1 Å². The number of methoxy groups -OCH3 is 2. The molecule has 29 heavy (non-hydrogen) atoms. The van der Waals surface area contributed by atoms with Crippen LogP contribution in [0.5, 0.6) is 11.5 Å².